The van der Waals surface area contributed by atoms with Crippen molar-refractivity contribution in [2.75, 3.05) is 13.1 Å². The van der Waals surface area contributed by atoms with E-state index in [1.54, 1.807) is 4.90 Å². The third-order valence-electron chi connectivity index (χ3n) is 5.26. The third kappa shape index (κ3) is 4.04. The molecule has 0 aliphatic carbocycles. The third-order valence-corrected chi connectivity index (χ3v) is 5.51. The number of nitrogens with one attached hydrogen (secondary N) is 2. The average molecular weight is 396 g/mol. The van der Waals surface area contributed by atoms with Gasteiger partial charge < -0.3 is 15.2 Å². The summed E-state index contributed by atoms with van der Waals surface area (Å²) in [5.41, 5.74) is 2.67. The van der Waals surface area contributed by atoms with Gasteiger partial charge in [-0.05, 0) is 54.8 Å². The monoisotopic (exact) mass is 395 g/mol. The molecule has 4 rings (SSSR count). The topological polar surface area (TPSA) is 65.2 Å². The van der Waals surface area contributed by atoms with Gasteiger partial charge in [-0.2, -0.15) is 0 Å². The fourth-order valence-electron chi connectivity index (χ4n) is 3.68. The summed E-state index contributed by atoms with van der Waals surface area (Å²) in [6.45, 7) is 1.60. The van der Waals surface area contributed by atoms with Crippen LogP contribution in [0.1, 0.15) is 28.8 Å². The largest absolute Gasteiger partial charge is 0.361 e. The summed E-state index contributed by atoms with van der Waals surface area (Å²) in [7, 11) is 0. The van der Waals surface area contributed by atoms with Crippen LogP contribution in [-0.4, -0.2) is 34.8 Å². The molecule has 1 aliphatic heterocycles. The number of aromatic nitrogens is 1. The Balaban J connectivity index is 1.38. The molecule has 0 bridgehead atoms. The second kappa shape index (κ2) is 8.07. The molecule has 144 valence electrons. The molecule has 2 heterocycles. The van der Waals surface area contributed by atoms with Crippen LogP contribution in [0.5, 0.6) is 0 Å². The first kappa shape index (κ1) is 18.6. The standard InChI is InChI=1S/C22H22ClN3O2/c23-19-6-3-15(4-7-19)13-25-21(27)18-2-1-11-26(14-18)22(28)17-5-8-20-16(12-17)9-10-24-20/h3-10,12,18,24H,1-2,11,13-14H2,(H,25,27)/t18-/m1/s1. The number of aromatic amines is 1. The van der Waals surface area contributed by atoms with Crippen molar-refractivity contribution < 1.29 is 9.59 Å². The van der Waals surface area contributed by atoms with Crippen molar-refractivity contribution >= 4 is 34.3 Å². The molecule has 28 heavy (non-hydrogen) atoms. The maximum atomic E-state index is 12.9. The lowest BCUT2D eigenvalue weighted by Gasteiger charge is -2.32. The zero-order valence-electron chi connectivity index (χ0n) is 15.5. The van der Waals surface area contributed by atoms with Crippen LogP contribution < -0.4 is 5.32 Å². The van der Waals surface area contributed by atoms with Crippen LogP contribution in [0.15, 0.2) is 54.7 Å². The lowest BCUT2D eigenvalue weighted by molar-refractivity contribution is -0.126. The van der Waals surface area contributed by atoms with Crippen molar-refractivity contribution in [3.63, 3.8) is 0 Å². The second-order valence-electron chi connectivity index (χ2n) is 7.21. The summed E-state index contributed by atoms with van der Waals surface area (Å²) in [6, 6.07) is 15.0. The number of fused-ring (bicyclic) bond motifs is 1. The Kier molecular flexibility index (Phi) is 5.35. The van der Waals surface area contributed by atoms with Crippen LogP contribution in [0.3, 0.4) is 0 Å². The summed E-state index contributed by atoms with van der Waals surface area (Å²) >= 11 is 5.89. The SMILES string of the molecule is O=C(NCc1ccc(Cl)cc1)[C@@H]1CCCN(C(=O)c2ccc3[nH]ccc3c2)C1. The van der Waals surface area contributed by atoms with E-state index in [-0.39, 0.29) is 17.7 Å². The second-order valence-corrected chi connectivity index (χ2v) is 7.65. The number of nitrogens with zero attached hydrogens (tertiary/aromatic N) is 1. The zero-order chi connectivity index (χ0) is 19.5. The molecular formula is C22H22ClN3O2. The Morgan fingerprint density at radius 1 is 1.14 bits per heavy atom. The molecule has 0 saturated carbocycles. The Hall–Kier alpha value is -2.79. The van der Waals surface area contributed by atoms with Gasteiger partial charge in [0, 0.05) is 47.3 Å². The van der Waals surface area contributed by atoms with E-state index in [1.165, 1.54) is 0 Å². The Bertz CT molecular complexity index is 996. The number of hydrogen-bond acceptors (Lipinski definition) is 2. The van der Waals surface area contributed by atoms with Crippen molar-refractivity contribution in [2.24, 2.45) is 5.92 Å². The molecule has 1 fully saturated rings. The number of halogens is 1. The molecule has 0 unspecified atom stereocenters. The van der Waals surface area contributed by atoms with Crippen molar-refractivity contribution in [3.05, 3.63) is 70.9 Å². The molecule has 0 spiro atoms. The highest BCUT2D eigenvalue weighted by Crippen LogP contribution is 2.21. The molecule has 5 nitrogen and oxygen atoms in total. The normalized spacial score (nSPS) is 16.9. The van der Waals surface area contributed by atoms with E-state index in [1.807, 2.05) is 54.7 Å². The number of piperidine rings is 1. The number of benzene rings is 2. The van der Waals surface area contributed by atoms with Crippen molar-refractivity contribution in [1.29, 1.82) is 0 Å². The molecule has 2 aromatic carbocycles. The maximum absolute atomic E-state index is 12.9. The van der Waals surface area contributed by atoms with Gasteiger partial charge in [0.1, 0.15) is 0 Å². The van der Waals surface area contributed by atoms with E-state index in [4.69, 9.17) is 11.6 Å². The molecule has 3 aromatic rings. The Morgan fingerprint density at radius 2 is 1.96 bits per heavy atom. The van der Waals surface area contributed by atoms with Gasteiger partial charge in [0.15, 0.2) is 0 Å². The van der Waals surface area contributed by atoms with E-state index < -0.39 is 0 Å². The fraction of sp³-hybridized carbons (Fsp3) is 0.273. The van der Waals surface area contributed by atoms with Crippen LogP contribution >= 0.6 is 11.6 Å². The predicted molar refractivity (Wildman–Crippen MR) is 110 cm³/mol. The minimum absolute atomic E-state index is 0.00598. The van der Waals surface area contributed by atoms with Crippen LogP contribution in [0, 0.1) is 5.92 Å². The molecular weight excluding hydrogens is 374 g/mol. The van der Waals surface area contributed by atoms with Crippen molar-refractivity contribution in [2.45, 2.75) is 19.4 Å². The van der Waals surface area contributed by atoms with Gasteiger partial charge in [-0.3, -0.25) is 9.59 Å². The zero-order valence-corrected chi connectivity index (χ0v) is 16.2. The molecule has 1 atom stereocenters. The van der Waals surface area contributed by atoms with E-state index in [0.717, 1.165) is 29.3 Å². The van der Waals surface area contributed by atoms with Gasteiger partial charge >= 0.3 is 0 Å². The van der Waals surface area contributed by atoms with E-state index in [9.17, 15) is 9.59 Å². The van der Waals surface area contributed by atoms with Crippen LogP contribution in [0.25, 0.3) is 10.9 Å². The van der Waals surface area contributed by atoms with Crippen molar-refractivity contribution in [3.8, 4) is 0 Å². The Labute approximate surface area is 168 Å². The number of hydrogen-bond donors (Lipinski definition) is 2. The predicted octanol–water partition coefficient (Wildman–Crippen LogP) is 3.99. The van der Waals surface area contributed by atoms with Crippen molar-refractivity contribution in [1.82, 2.24) is 15.2 Å². The van der Waals surface area contributed by atoms with E-state index >= 15 is 0 Å². The number of likely N-dealkylation sites (tertiary alicyclic amines) is 1. The van der Waals surface area contributed by atoms with Gasteiger partial charge in [0.05, 0.1) is 5.92 Å². The number of amides is 2. The highest BCUT2D eigenvalue weighted by Gasteiger charge is 2.28. The van der Waals surface area contributed by atoms with Crippen LogP contribution in [0.2, 0.25) is 5.02 Å². The molecule has 2 N–H and O–H groups in total. The number of carbonyl (C=O) groups is 2. The maximum Gasteiger partial charge on any atom is 0.253 e. The Morgan fingerprint density at radius 3 is 2.79 bits per heavy atom. The number of carbonyl (C=O) groups excluding carboxylic acids is 2. The minimum atomic E-state index is -0.180. The first-order valence-electron chi connectivity index (χ1n) is 9.49. The molecule has 1 saturated heterocycles. The first-order valence-corrected chi connectivity index (χ1v) is 9.86. The average Bonchev–Trinajstić information content (AvgIpc) is 3.20. The summed E-state index contributed by atoms with van der Waals surface area (Å²) in [6.07, 6.45) is 3.49. The molecule has 0 radical (unpaired) electrons. The number of rotatable bonds is 4. The first-order chi connectivity index (χ1) is 13.6. The van der Waals surface area contributed by atoms with E-state index in [0.29, 0.717) is 30.2 Å². The molecule has 1 aromatic heterocycles. The van der Waals surface area contributed by atoms with Gasteiger partial charge in [-0.15, -0.1) is 0 Å². The summed E-state index contributed by atoms with van der Waals surface area (Å²) in [5, 5.41) is 4.67. The summed E-state index contributed by atoms with van der Waals surface area (Å²) in [5.74, 6) is -0.201. The smallest absolute Gasteiger partial charge is 0.253 e. The van der Waals surface area contributed by atoms with Gasteiger partial charge in [-0.25, -0.2) is 0 Å². The lowest BCUT2D eigenvalue weighted by Crippen LogP contribution is -2.45. The van der Waals surface area contributed by atoms with Gasteiger partial charge in [-0.1, -0.05) is 23.7 Å². The van der Waals surface area contributed by atoms with Gasteiger partial charge in [0.25, 0.3) is 5.91 Å². The summed E-state index contributed by atoms with van der Waals surface area (Å²) < 4.78 is 0. The highest BCUT2D eigenvalue weighted by atomic mass is 35.5. The quantitative estimate of drug-likeness (QED) is 0.701. The molecule has 6 heteroatoms. The highest BCUT2D eigenvalue weighted by molar-refractivity contribution is 6.30. The molecule has 1 aliphatic rings. The van der Waals surface area contributed by atoms with E-state index in [2.05, 4.69) is 10.3 Å². The molecule has 2 amide bonds. The van der Waals surface area contributed by atoms with Gasteiger partial charge in [0.2, 0.25) is 5.91 Å². The number of H-pyrrole nitrogens is 1. The minimum Gasteiger partial charge on any atom is -0.361 e. The van der Waals surface area contributed by atoms with Crippen LogP contribution in [-0.2, 0) is 11.3 Å². The lowest BCUT2D eigenvalue weighted by atomic mass is 9.96. The van der Waals surface area contributed by atoms with Crippen LogP contribution in [0.4, 0.5) is 0 Å². The summed E-state index contributed by atoms with van der Waals surface area (Å²) in [4.78, 5) is 30.4. The fourth-order valence-corrected chi connectivity index (χ4v) is 3.81.